The Kier molecular flexibility index (Phi) is 4.61. The lowest BCUT2D eigenvalue weighted by molar-refractivity contribution is 0.0952. The van der Waals surface area contributed by atoms with Crippen molar-refractivity contribution in [3.63, 3.8) is 0 Å². The van der Waals surface area contributed by atoms with Gasteiger partial charge in [0.1, 0.15) is 5.75 Å². The Morgan fingerprint density at radius 1 is 1.16 bits per heavy atom. The molecule has 0 aliphatic heterocycles. The van der Waals surface area contributed by atoms with Crippen molar-refractivity contribution in [2.75, 3.05) is 7.11 Å². The van der Waals surface area contributed by atoms with Gasteiger partial charge in [-0.25, -0.2) is 9.82 Å². The molecule has 0 saturated heterocycles. The zero-order valence-electron chi connectivity index (χ0n) is 13.4. The van der Waals surface area contributed by atoms with E-state index in [4.69, 9.17) is 4.74 Å². The summed E-state index contributed by atoms with van der Waals surface area (Å²) in [5.74, 6) is -1.09. The number of fused-ring (bicyclic) bond motifs is 1. The molecular formula is C19H15FN2O3. The van der Waals surface area contributed by atoms with Crippen molar-refractivity contribution in [1.29, 1.82) is 0 Å². The summed E-state index contributed by atoms with van der Waals surface area (Å²) >= 11 is 0. The lowest BCUT2D eigenvalue weighted by atomic mass is 10.1. The largest absolute Gasteiger partial charge is 0.507 e. The van der Waals surface area contributed by atoms with Crippen molar-refractivity contribution < 1.29 is 19.0 Å². The van der Waals surface area contributed by atoms with E-state index < -0.39 is 11.7 Å². The molecule has 0 heterocycles. The molecule has 0 bridgehead atoms. The first-order valence-corrected chi connectivity index (χ1v) is 7.47. The first-order valence-electron chi connectivity index (χ1n) is 7.47. The van der Waals surface area contributed by atoms with E-state index in [1.165, 1.54) is 31.5 Å². The second-order valence-corrected chi connectivity index (χ2v) is 5.31. The SMILES string of the molecule is COc1ccc(/C=N\NC(=O)c2cc3ccccc3cc2O)cc1F. The first kappa shape index (κ1) is 16.4. The highest BCUT2D eigenvalue weighted by Gasteiger charge is 2.11. The number of phenols is 1. The number of nitrogens with one attached hydrogen (secondary N) is 1. The van der Waals surface area contributed by atoms with Crippen molar-refractivity contribution in [2.24, 2.45) is 5.10 Å². The summed E-state index contributed by atoms with van der Waals surface area (Å²) in [4.78, 5) is 12.2. The molecule has 5 nitrogen and oxygen atoms in total. The van der Waals surface area contributed by atoms with Crippen molar-refractivity contribution in [3.05, 3.63) is 71.5 Å². The van der Waals surface area contributed by atoms with E-state index in [-0.39, 0.29) is 17.1 Å². The molecule has 0 aliphatic rings. The topological polar surface area (TPSA) is 70.9 Å². The number of carbonyl (C=O) groups is 1. The quantitative estimate of drug-likeness (QED) is 0.565. The number of phenolic OH excluding ortho intramolecular Hbond substituents is 1. The van der Waals surface area contributed by atoms with E-state index in [0.29, 0.717) is 5.56 Å². The second kappa shape index (κ2) is 7.00. The van der Waals surface area contributed by atoms with Crippen LogP contribution in [0.15, 0.2) is 59.7 Å². The van der Waals surface area contributed by atoms with Gasteiger partial charge in [0.25, 0.3) is 5.91 Å². The molecule has 25 heavy (non-hydrogen) atoms. The Morgan fingerprint density at radius 2 is 1.88 bits per heavy atom. The molecule has 0 saturated carbocycles. The lowest BCUT2D eigenvalue weighted by Gasteiger charge is -2.06. The van der Waals surface area contributed by atoms with Gasteiger partial charge in [0.15, 0.2) is 11.6 Å². The third-order valence-corrected chi connectivity index (χ3v) is 3.66. The van der Waals surface area contributed by atoms with Crippen LogP contribution in [0.3, 0.4) is 0 Å². The summed E-state index contributed by atoms with van der Waals surface area (Å²) in [6.45, 7) is 0. The number of amides is 1. The highest BCUT2D eigenvalue weighted by molar-refractivity contribution is 6.01. The molecule has 2 N–H and O–H groups in total. The van der Waals surface area contributed by atoms with Gasteiger partial charge in [0.05, 0.1) is 18.9 Å². The maximum Gasteiger partial charge on any atom is 0.275 e. The van der Waals surface area contributed by atoms with Gasteiger partial charge in [-0.15, -0.1) is 0 Å². The average Bonchev–Trinajstić information content (AvgIpc) is 2.61. The van der Waals surface area contributed by atoms with Gasteiger partial charge in [-0.05, 0) is 46.7 Å². The number of ether oxygens (including phenoxy) is 1. The van der Waals surface area contributed by atoms with E-state index in [9.17, 15) is 14.3 Å². The number of rotatable bonds is 4. The van der Waals surface area contributed by atoms with E-state index in [0.717, 1.165) is 10.8 Å². The van der Waals surface area contributed by atoms with Crippen LogP contribution < -0.4 is 10.2 Å². The number of hydrazone groups is 1. The number of carbonyl (C=O) groups excluding carboxylic acids is 1. The molecule has 0 spiro atoms. The van der Waals surface area contributed by atoms with Crippen molar-refractivity contribution in [3.8, 4) is 11.5 Å². The number of benzene rings is 3. The first-order chi connectivity index (χ1) is 12.1. The number of hydrogen-bond acceptors (Lipinski definition) is 4. The molecule has 3 aromatic carbocycles. The molecule has 0 atom stereocenters. The molecule has 3 rings (SSSR count). The molecular weight excluding hydrogens is 323 g/mol. The maximum atomic E-state index is 13.6. The Morgan fingerprint density at radius 3 is 2.56 bits per heavy atom. The van der Waals surface area contributed by atoms with Crippen LogP contribution in [-0.2, 0) is 0 Å². The van der Waals surface area contributed by atoms with Crippen LogP contribution in [0.2, 0.25) is 0 Å². The number of halogens is 1. The van der Waals surface area contributed by atoms with Crippen molar-refractivity contribution >= 4 is 22.9 Å². The fourth-order valence-corrected chi connectivity index (χ4v) is 2.40. The monoisotopic (exact) mass is 338 g/mol. The Hall–Kier alpha value is -3.41. The second-order valence-electron chi connectivity index (χ2n) is 5.31. The molecule has 0 aromatic heterocycles. The van der Waals surface area contributed by atoms with Crippen LogP contribution in [0.1, 0.15) is 15.9 Å². The van der Waals surface area contributed by atoms with Crippen LogP contribution in [0, 0.1) is 5.82 Å². The highest BCUT2D eigenvalue weighted by atomic mass is 19.1. The highest BCUT2D eigenvalue weighted by Crippen LogP contribution is 2.24. The van der Waals surface area contributed by atoms with Gasteiger partial charge in [-0.1, -0.05) is 24.3 Å². The van der Waals surface area contributed by atoms with Crippen LogP contribution in [-0.4, -0.2) is 24.3 Å². The molecule has 0 unspecified atom stereocenters. The molecule has 0 aliphatic carbocycles. The van der Waals surface area contributed by atoms with Crippen LogP contribution in [0.25, 0.3) is 10.8 Å². The van der Waals surface area contributed by atoms with Gasteiger partial charge in [-0.3, -0.25) is 4.79 Å². The minimum Gasteiger partial charge on any atom is -0.507 e. The van der Waals surface area contributed by atoms with Crippen LogP contribution in [0.5, 0.6) is 11.5 Å². The Bertz CT molecular complexity index is 970. The average molecular weight is 338 g/mol. The van der Waals surface area contributed by atoms with E-state index in [1.54, 1.807) is 12.1 Å². The van der Waals surface area contributed by atoms with E-state index in [1.807, 2.05) is 24.3 Å². The predicted octanol–water partition coefficient (Wildman–Crippen LogP) is 3.46. The molecule has 1 amide bonds. The Labute approximate surface area is 143 Å². The summed E-state index contributed by atoms with van der Waals surface area (Å²) in [5, 5.41) is 15.5. The van der Waals surface area contributed by atoms with E-state index >= 15 is 0 Å². The maximum absolute atomic E-state index is 13.6. The number of methoxy groups -OCH3 is 1. The van der Waals surface area contributed by atoms with Gasteiger partial charge >= 0.3 is 0 Å². The van der Waals surface area contributed by atoms with Crippen molar-refractivity contribution in [1.82, 2.24) is 5.43 Å². The smallest absolute Gasteiger partial charge is 0.275 e. The summed E-state index contributed by atoms with van der Waals surface area (Å²) in [6, 6.07) is 14.8. The summed E-state index contributed by atoms with van der Waals surface area (Å²) in [5.41, 5.74) is 2.89. The molecule has 6 heteroatoms. The minimum absolute atomic E-state index is 0.108. The lowest BCUT2D eigenvalue weighted by Crippen LogP contribution is -2.17. The molecule has 3 aromatic rings. The third kappa shape index (κ3) is 3.58. The van der Waals surface area contributed by atoms with Crippen LogP contribution in [0.4, 0.5) is 4.39 Å². The van der Waals surface area contributed by atoms with Crippen LogP contribution >= 0.6 is 0 Å². The number of hydrogen-bond donors (Lipinski definition) is 2. The minimum atomic E-state index is -0.562. The summed E-state index contributed by atoms with van der Waals surface area (Å²) in [7, 11) is 1.38. The molecule has 126 valence electrons. The third-order valence-electron chi connectivity index (χ3n) is 3.66. The molecule has 0 fully saturated rings. The fraction of sp³-hybridized carbons (Fsp3) is 0.0526. The van der Waals surface area contributed by atoms with Gasteiger partial charge in [0, 0.05) is 0 Å². The zero-order valence-corrected chi connectivity index (χ0v) is 13.4. The zero-order chi connectivity index (χ0) is 17.8. The molecule has 0 radical (unpaired) electrons. The van der Waals surface area contributed by atoms with Gasteiger partial charge < -0.3 is 9.84 Å². The fourth-order valence-electron chi connectivity index (χ4n) is 2.40. The van der Waals surface area contributed by atoms with E-state index in [2.05, 4.69) is 10.5 Å². The summed E-state index contributed by atoms with van der Waals surface area (Å²) in [6.07, 6.45) is 1.30. The number of aromatic hydroxyl groups is 1. The summed E-state index contributed by atoms with van der Waals surface area (Å²) < 4.78 is 18.4. The van der Waals surface area contributed by atoms with Gasteiger partial charge in [-0.2, -0.15) is 5.10 Å². The normalized spacial score (nSPS) is 11.0. The Balaban J connectivity index is 1.76. The standard InChI is InChI=1S/C19H15FN2O3/c1-25-18-7-6-12(8-16(18)20)11-21-22-19(24)15-9-13-4-2-3-5-14(13)10-17(15)23/h2-11,23H,1H3,(H,22,24)/b21-11-. The predicted molar refractivity (Wildman–Crippen MR) is 93.6 cm³/mol. The number of nitrogens with zero attached hydrogens (tertiary/aromatic N) is 1. The van der Waals surface area contributed by atoms with Gasteiger partial charge in [0.2, 0.25) is 0 Å². The van der Waals surface area contributed by atoms with Crippen molar-refractivity contribution in [2.45, 2.75) is 0 Å².